The van der Waals surface area contributed by atoms with Crippen molar-refractivity contribution in [3.05, 3.63) is 83.2 Å². The molecule has 4 aromatic rings. The van der Waals surface area contributed by atoms with Gasteiger partial charge in [0.1, 0.15) is 11.1 Å². The Bertz CT molecular complexity index is 1110. The van der Waals surface area contributed by atoms with E-state index >= 15 is 0 Å². The lowest BCUT2D eigenvalue weighted by atomic mass is 10.2. The van der Waals surface area contributed by atoms with Crippen molar-refractivity contribution >= 4 is 23.0 Å². The van der Waals surface area contributed by atoms with Crippen LogP contribution in [0.25, 0.3) is 34.3 Å². The summed E-state index contributed by atoms with van der Waals surface area (Å²) in [5.74, 6) is 0.653. The number of pyridine rings is 1. The molecule has 0 atom stereocenters. The van der Waals surface area contributed by atoms with Gasteiger partial charge in [-0.3, -0.25) is 4.98 Å². The van der Waals surface area contributed by atoms with Crippen LogP contribution in [0.1, 0.15) is 10.6 Å². The van der Waals surface area contributed by atoms with Crippen molar-refractivity contribution in [3.8, 4) is 28.7 Å². The topological polar surface area (TPSA) is 75.3 Å². The molecule has 0 saturated heterocycles. The minimum atomic E-state index is 0.483. The molecule has 0 radical (unpaired) electrons. The lowest BCUT2D eigenvalue weighted by Gasteiger charge is -2.00. The van der Waals surface area contributed by atoms with E-state index in [0.717, 1.165) is 22.4 Å². The van der Waals surface area contributed by atoms with Crippen molar-refractivity contribution < 1.29 is 0 Å². The minimum absolute atomic E-state index is 0.483. The lowest BCUT2D eigenvalue weighted by molar-refractivity contribution is 1.17. The summed E-state index contributed by atoms with van der Waals surface area (Å²) in [7, 11) is 0. The first-order valence-electron chi connectivity index (χ1n) is 8.19. The normalized spacial score (nSPS) is 11.1. The van der Waals surface area contributed by atoms with E-state index in [0.29, 0.717) is 16.4 Å². The molecule has 4 rings (SSSR count). The van der Waals surface area contributed by atoms with E-state index in [1.54, 1.807) is 30.9 Å². The Morgan fingerprint density at radius 3 is 2.41 bits per heavy atom. The van der Waals surface area contributed by atoms with Gasteiger partial charge in [-0.2, -0.15) is 5.26 Å². The van der Waals surface area contributed by atoms with Gasteiger partial charge in [0.2, 0.25) is 0 Å². The van der Waals surface area contributed by atoms with E-state index in [-0.39, 0.29) is 0 Å². The van der Waals surface area contributed by atoms with E-state index in [2.05, 4.69) is 26.0 Å². The highest BCUT2D eigenvalue weighted by Crippen LogP contribution is 2.26. The molecular weight excluding hydrogens is 354 g/mol. The van der Waals surface area contributed by atoms with Crippen LogP contribution in [0.4, 0.5) is 0 Å². The Morgan fingerprint density at radius 1 is 0.963 bits per heavy atom. The fraction of sp³-hybridized carbons (Fsp3) is 0. The fourth-order valence-corrected chi connectivity index (χ4v) is 3.30. The second-order valence-corrected chi connectivity index (χ2v) is 6.51. The molecule has 27 heavy (non-hydrogen) atoms. The first-order chi connectivity index (χ1) is 13.3. The molecule has 0 bridgehead atoms. The summed E-state index contributed by atoms with van der Waals surface area (Å²) < 4.78 is 0. The molecule has 128 valence electrons. The van der Waals surface area contributed by atoms with Crippen molar-refractivity contribution in [1.29, 1.82) is 5.26 Å². The summed E-state index contributed by atoms with van der Waals surface area (Å²) in [4.78, 5) is 17.4. The first-order valence-corrected chi connectivity index (χ1v) is 9.07. The molecule has 0 aliphatic rings. The zero-order valence-corrected chi connectivity index (χ0v) is 15.0. The number of hydrogen-bond donors (Lipinski definition) is 0. The van der Waals surface area contributed by atoms with Gasteiger partial charge in [-0.05, 0) is 18.2 Å². The molecule has 0 amide bonds. The zero-order valence-electron chi connectivity index (χ0n) is 14.1. The highest BCUT2D eigenvalue weighted by molar-refractivity contribution is 7.11. The van der Waals surface area contributed by atoms with Crippen LogP contribution in [0.3, 0.4) is 0 Å². The number of hydrogen-bond acceptors (Lipinski definition) is 6. The minimum Gasteiger partial charge on any atom is -0.265 e. The molecule has 3 aromatic heterocycles. The monoisotopic (exact) mass is 367 g/mol. The van der Waals surface area contributed by atoms with Gasteiger partial charge in [0, 0.05) is 46.9 Å². The summed E-state index contributed by atoms with van der Waals surface area (Å²) in [6.07, 6.45) is 8.63. The van der Waals surface area contributed by atoms with Crippen molar-refractivity contribution in [2.45, 2.75) is 0 Å². The Kier molecular flexibility index (Phi) is 4.77. The predicted molar refractivity (Wildman–Crippen MR) is 106 cm³/mol. The maximum absolute atomic E-state index is 9.55. The van der Waals surface area contributed by atoms with E-state index in [9.17, 15) is 5.26 Å². The average Bonchev–Trinajstić information content (AvgIpc) is 3.24. The summed E-state index contributed by atoms with van der Waals surface area (Å²) in [5.41, 5.74) is 3.99. The number of benzene rings is 1. The molecule has 0 unspecified atom stereocenters. The molecule has 0 saturated carbocycles. The molecular formula is C21H13N5S. The second kappa shape index (κ2) is 7.68. The highest BCUT2D eigenvalue weighted by Gasteiger charge is 2.09. The fourth-order valence-electron chi connectivity index (χ4n) is 2.51. The number of nitriles is 1. The average molecular weight is 367 g/mol. The SMILES string of the molecule is N#CC(=Cc1cnc(-c2ccccc2)nc1)c1nc(-c2ccncc2)cs1. The van der Waals surface area contributed by atoms with Gasteiger partial charge in [-0.1, -0.05) is 30.3 Å². The van der Waals surface area contributed by atoms with Crippen LogP contribution in [0.15, 0.2) is 72.6 Å². The first kappa shape index (κ1) is 16.8. The van der Waals surface area contributed by atoms with Gasteiger partial charge in [-0.15, -0.1) is 11.3 Å². The second-order valence-electron chi connectivity index (χ2n) is 5.65. The molecule has 0 aliphatic carbocycles. The lowest BCUT2D eigenvalue weighted by Crippen LogP contribution is -1.89. The van der Waals surface area contributed by atoms with E-state index in [1.807, 2.05) is 47.8 Å². The van der Waals surface area contributed by atoms with Crippen LogP contribution >= 0.6 is 11.3 Å². The Morgan fingerprint density at radius 2 is 1.70 bits per heavy atom. The Balaban J connectivity index is 1.61. The van der Waals surface area contributed by atoms with Crippen molar-refractivity contribution in [1.82, 2.24) is 19.9 Å². The van der Waals surface area contributed by atoms with Gasteiger partial charge < -0.3 is 0 Å². The maximum atomic E-state index is 9.55. The molecule has 0 aliphatic heterocycles. The van der Waals surface area contributed by atoms with Gasteiger partial charge in [0.15, 0.2) is 5.82 Å². The summed E-state index contributed by atoms with van der Waals surface area (Å²) in [6.45, 7) is 0. The number of aromatic nitrogens is 4. The smallest absolute Gasteiger partial charge is 0.159 e. The van der Waals surface area contributed by atoms with Crippen LogP contribution in [-0.2, 0) is 0 Å². The molecule has 1 aromatic carbocycles. The summed E-state index contributed by atoms with van der Waals surface area (Å²) in [5, 5.41) is 12.1. The van der Waals surface area contributed by atoms with Crippen LogP contribution in [-0.4, -0.2) is 19.9 Å². The quantitative estimate of drug-likeness (QED) is 0.488. The number of nitrogens with zero attached hydrogens (tertiary/aromatic N) is 5. The summed E-state index contributed by atoms with van der Waals surface area (Å²) >= 11 is 1.43. The largest absolute Gasteiger partial charge is 0.265 e. The van der Waals surface area contributed by atoms with Gasteiger partial charge >= 0.3 is 0 Å². The van der Waals surface area contributed by atoms with Crippen LogP contribution < -0.4 is 0 Å². The van der Waals surface area contributed by atoms with Gasteiger partial charge in [-0.25, -0.2) is 15.0 Å². The molecule has 5 nitrogen and oxygen atoms in total. The summed E-state index contributed by atoms with van der Waals surface area (Å²) in [6, 6.07) is 15.8. The van der Waals surface area contributed by atoms with Gasteiger partial charge in [0.05, 0.1) is 11.3 Å². The van der Waals surface area contributed by atoms with Crippen LogP contribution in [0.5, 0.6) is 0 Å². The van der Waals surface area contributed by atoms with Crippen LogP contribution in [0, 0.1) is 11.3 Å². The van der Waals surface area contributed by atoms with E-state index in [1.165, 1.54) is 11.3 Å². The third-order valence-electron chi connectivity index (χ3n) is 3.85. The number of allylic oxidation sites excluding steroid dienone is 1. The number of rotatable bonds is 4. The standard InChI is InChI=1S/C21H13N5S/c22-11-18(21-26-19(14-27-21)16-6-8-23-9-7-16)10-15-12-24-20(25-13-15)17-4-2-1-3-5-17/h1-10,12-14H. The third kappa shape index (κ3) is 3.78. The van der Waals surface area contributed by atoms with E-state index in [4.69, 9.17) is 0 Å². The van der Waals surface area contributed by atoms with Gasteiger partial charge in [0.25, 0.3) is 0 Å². The van der Waals surface area contributed by atoms with Crippen molar-refractivity contribution in [3.63, 3.8) is 0 Å². The van der Waals surface area contributed by atoms with Crippen LogP contribution in [0.2, 0.25) is 0 Å². The molecule has 0 fully saturated rings. The van der Waals surface area contributed by atoms with Crippen molar-refractivity contribution in [2.24, 2.45) is 0 Å². The Labute approximate surface area is 160 Å². The third-order valence-corrected chi connectivity index (χ3v) is 4.72. The highest BCUT2D eigenvalue weighted by atomic mass is 32.1. The number of thiazole rings is 1. The molecule has 6 heteroatoms. The molecule has 3 heterocycles. The van der Waals surface area contributed by atoms with E-state index < -0.39 is 0 Å². The molecule has 0 N–H and O–H groups in total. The Hall–Kier alpha value is -3.69. The zero-order chi connectivity index (χ0) is 18.5. The maximum Gasteiger partial charge on any atom is 0.159 e. The van der Waals surface area contributed by atoms with Crippen molar-refractivity contribution in [2.75, 3.05) is 0 Å². The molecule has 0 spiro atoms. The predicted octanol–water partition coefficient (Wildman–Crippen LogP) is 4.73.